The van der Waals surface area contributed by atoms with Gasteiger partial charge >= 0.3 is 5.97 Å². The van der Waals surface area contributed by atoms with E-state index in [1.54, 1.807) is 26.4 Å². The number of methoxy groups -OCH3 is 2. The van der Waals surface area contributed by atoms with Gasteiger partial charge in [0.05, 0.1) is 27.1 Å². The molecule has 0 aliphatic heterocycles. The topological polar surface area (TPSA) is 84.9 Å². The average molecular weight is 384 g/mol. The molecule has 0 aromatic heterocycles. The van der Waals surface area contributed by atoms with E-state index in [4.69, 9.17) is 9.47 Å². The van der Waals surface area contributed by atoms with Gasteiger partial charge in [-0.05, 0) is 54.7 Å². The maximum Gasteiger partial charge on any atom is 0.305 e. The zero-order valence-corrected chi connectivity index (χ0v) is 16.2. The molecule has 0 aliphatic rings. The molecule has 0 bridgehead atoms. The third-order valence-corrected chi connectivity index (χ3v) is 4.42. The highest BCUT2D eigenvalue weighted by Gasteiger charge is 2.17. The molecule has 0 saturated heterocycles. The molecule has 2 aromatic rings. The Labute approximate surface area is 165 Å². The third kappa shape index (κ3) is 6.61. The minimum absolute atomic E-state index is 0.138. The molecule has 2 N–H and O–H groups in total. The lowest BCUT2D eigenvalue weighted by Crippen LogP contribution is -2.37. The molecule has 1 atom stereocenters. The number of benzene rings is 2. The van der Waals surface area contributed by atoms with Crippen molar-refractivity contribution < 1.29 is 24.2 Å². The first-order chi connectivity index (χ1) is 13.4. The summed E-state index contributed by atoms with van der Waals surface area (Å²) in [5.41, 5.74) is 2.63. The van der Waals surface area contributed by atoms with Crippen LogP contribution in [0.2, 0.25) is 0 Å². The van der Waals surface area contributed by atoms with Gasteiger partial charge in [-0.15, -0.1) is 0 Å². The van der Waals surface area contributed by atoms with Crippen molar-refractivity contribution in [2.24, 2.45) is 0 Å². The van der Waals surface area contributed by atoms with Crippen LogP contribution in [-0.2, 0) is 22.4 Å². The minimum Gasteiger partial charge on any atom is -0.497 e. The second kappa shape index (κ2) is 10.3. The van der Waals surface area contributed by atoms with E-state index in [1.165, 1.54) is 0 Å². The first-order valence-corrected chi connectivity index (χ1v) is 9.04. The number of carboxylic acids is 1. The predicted molar refractivity (Wildman–Crippen MR) is 107 cm³/mol. The smallest absolute Gasteiger partial charge is 0.305 e. The first-order valence-electron chi connectivity index (χ1n) is 9.04. The number of ether oxygens (including phenoxy) is 2. The largest absolute Gasteiger partial charge is 0.497 e. The lowest BCUT2D eigenvalue weighted by molar-refractivity contribution is -0.137. The maximum atomic E-state index is 12.4. The van der Waals surface area contributed by atoms with Crippen molar-refractivity contribution in [3.8, 4) is 11.5 Å². The molecule has 1 amide bonds. The summed E-state index contributed by atoms with van der Waals surface area (Å²) < 4.78 is 10.5. The van der Waals surface area contributed by atoms with Crippen LogP contribution in [0.25, 0.3) is 0 Å². The lowest BCUT2D eigenvalue weighted by Gasteiger charge is -2.18. The summed E-state index contributed by atoms with van der Waals surface area (Å²) in [6.07, 6.45) is 1.10. The summed E-state index contributed by atoms with van der Waals surface area (Å²) in [7, 11) is 3.17. The highest BCUT2D eigenvalue weighted by molar-refractivity contribution is 5.79. The number of carbonyl (C=O) groups is 2. The van der Waals surface area contributed by atoms with E-state index in [-0.39, 0.29) is 18.7 Å². The van der Waals surface area contributed by atoms with Crippen molar-refractivity contribution >= 4 is 11.9 Å². The Kier molecular flexibility index (Phi) is 7.87. The summed E-state index contributed by atoms with van der Waals surface area (Å²) in [6, 6.07) is 12.3. The molecule has 6 nitrogen and oxygen atoms in total. The number of hydrogen-bond acceptors (Lipinski definition) is 4. The number of carboxylic acid groups (broad SMARTS) is 1. The monoisotopic (exact) mass is 384 g/mol. The van der Waals surface area contributed by atoms with Gasteiger partial charge in [-0.2, -0.15) is 0 Å². The Balaban J connectivity index is 1.99. The third-order valence-electron chi connectivity index (χ3n) is 4.42. The highest BCUT2D eigenvalue weighted by atomic mass is 16.5. The zero-order chi connectivity index (χ0) is 20.5. The Morgan fingerprint density at radius 1 is 1.11 bits per heavy atom. The molecule has 2 aromatic carbocycles. The van der Waals surface area contributed by atoms with Crippen LogP contribution < -0.4 is 14.8 Å². The fourth-order valence-corrected chi connectivity index (χ4v) is 3.00. The van der Waals surface area contributed by atoms with Crippen LogP contribution in [0, 0.1) is 6.92 Å². The van der Waals surface area contributed by atoms with Crippen LogP contribution in [0.15, 0.2) is 42.5 Å². The molecular formula is C22H26NO5. The zero-order valence-electron chi connectivity index (χ0n) is 16.2. The predicted octanol–water partition coefficient (Wildman–Crippen LogP) is 3.02. The molecule has 0 saturated carbocycles. The van der Waals surface area contributed by atoms with Gasteiger partial charge in [0.15, 0.2) is 0 Å². The van der Waals surface area contributed by atoms with Gasteiger partial charge in [0.25, 0.3) is 0 Å². The molecule has 149 valence electrons. The van der Waals surface area contributed by atoms with Crippen molar-refractivity contribution in [3.05, 3.63) is 66.1 Å². The molecule has 6 heteroatoms. The van der Waals surface area contributed by atoms with Crippen LogP contribution in [0.1, 0.15) is 29.5 Å². The standard InChI is InChI=1S/C22H26NO5/c1-15-4-11-20(28-3)17(12-15)7-8-18(14-22(25)26)23-21(24)13-16-5-9-19(27-2)10-6-16/h4-6,9-12,18H,1,7-8,13-14H2,2-3H3,(H,23,24)(H,25,26). The fraction of sp³-hybridized carbons (Fsp3) is 0.318. The fourth-order valence-electron chi connectivity index (χ4n) is 3.00. The van der Waals surface area contributed by atoms with Crippen LogP contribution in [0.5, 0.6) is 11.5 Å². The normalized spacial score (nSPS) is 11.5. The summed E-state index contributed by atoms with van der Waals surface area (Å²) in [6.45, 7) is 3.91. The summed E-state index contributed by atoms with van der Waals surface area (Å²) in [4.78, 5) is 23.6. The van der Waals surface area contributed by atoms with Crippen molar-refractivity contribution in [2.75, 3.05) is 14.2 Å². The average Bonchev–Trinajstić information content (AvgIpc) is 2.66. The minimum atomic E-state index is -0.951. The van der Waals surface area contributed by atoms with E-state index in [0.29, 0.717) is 12.8 Å². The summed E-state index contributed by atoms with van der Waals surface area (Å²) >= 11 is 0. The van der Waals surface area contributed by atoms with Gasteiger partial charge in [0, 0.05) is 6.04 Å². The van der Waals surface area contributed by atoms with E-state index >= 15 is 0 Å². The Bertz CT molecular complexity index is 801. The SMILES string of the molecule is [CH2]c1ccc(OC)c(CCC(CC(=O)O)NC(=O)Cc2ccc(OC)cc2)c1. The maximum absolute atomic E-state index is 12.4. The molecule has 0 aliphatic carbocycles. The molecule has 0 heterocycles. The second-order valence-corrected chi connectivity index (χ2v) is 6.57. The molecule has 2 rings (SSSR count). The second-order valence-electron chi connectivity index (χ2n) is 6.57. The molecule has 28 heavy (non-hydrogen) atoms. The Hall–Kier alpha value is -3.02. The van der Waals surface area contributed by atoms with E-state index in [1.807, 2.05) is 30.3 Å². The first kappa shape index (κ1) is 21.3. The van der Waals surface area contributed by atoms with Crippen molar-refractivity contribution in [2.45, 2.75) is 31.7 Å². The number of aryl methyl sites for hydroxylation is 1. The van der Waals surface area contributed by atoms with Crippen LogP contribution in [-0.4, -0.2) is 37.2 Å². The highest BCUT2D eigenvalue weighted by Crippen LogP contribution is 2.22. The number of rotatable bonds is 10. The van der Waals surface area contributed by atoms with E-state index in [2.05, 4.69) is 12.2 Å². The quantitative estimate of drug-likeness (QED) is 0.658. The number of aliphatic carboxylic acids is 1. The van der Waals surface area contributed by atoms with Gasteiger partial charge in [0.1, 0.15) is 11.5 Å². The number of carbonyl (C=O) groups excluding carboxylic acids is 1. The summed E-state index contributed by atoms with van der Waals surface area (Å²) in [5, 5.41) is 12.0. The van der Waals surface area contributed by atoms with E-state index in [0.717, 1.165) is 28.2 Å². The van der Waals surface area contributed by atoms with E-state index < -0.39 is 12.0 Å². The lowest BCUT2D eigenvalue weighted by atomic mass is 10.00. The summed E-state index contributed by atoms with van der Waals surface area (Å²) in [5.74, 6) is 0.280. The van der Waals surface area contributed by atoms with Crippen LogP contribution in [0.3, 0.4) is 0 Å². The van der Waals surface area contributed by atoms with E-state index in [9.17, 15) is 14.7 Å². The van der Waals surface area contributed by atoms with Crippen LogP contribution in [0.4, 0.5) is 0 Å². The number of hydrogen-bond donors (Lipinski definition) is 2. The van der Waals surface area contributed by atoms with Gasteiger partial charge < -0.3 is 19.9 Å². The Morgan fingerprint density at radius 3 is 2.43 bits per heavy atom. The van der Waals surface area contributed by atoms with Gasteiger partial charge in [-0.1, -0.05) is 24.3 Å². The van der Waals surface area contributed by atoms with Crippen molar-refractivity contribution in [1.29, 1.82) is 0 Å². The van der Waals surface area contributed by atoms with Gasteiger partial charge in [0.2, 0.25) is 5.91 Å². The molecule has 1 unspecified atom stereocenters. The van der Waals surface area contributed by atoms with Crippen LogP contribution >= 0.6 is 0 Å². The van der Waals surface area contributed by atoms with Crippen molar-refractivity contribution in [3.63, 3.8) is 0 Å². The molecule has 1 radical (unpaired) electrons. The molecule has 0 spiro atoms. The number of amides is 1. The molecular weight excluding hydrogens is 358 g/mol. The molecule has 0 fully saturated rings. The van der Waals surface area contributed by atoms with Gasteiger partial charge in [-0.25, -0.2) is 0 Å². The van der Waals surface area contributed by atoms with Gasteiger partial charge in [-0.3, -0.25) is 9.59 Å². The van der Waals surface area contributed by atoms with Crippen molar-refractivity contribution in [1.82, 2.24) is 5.32 Å². The Morgan fingerprint density at radius 2 is 1.82 bits per heavy atom. The number of nitrogens with one attached hydrogen (secondary N) is 1.